The van der Waals surface area contributed by atoms with Crippen LogP contribution in [0, 0.1) is 6.92 Å². The van der Waals surface area contributed by atoms with E-state index >= 15 is 0 Å². The average Bonchev–Trinajstić information content (AvgIpc) is 2.77. The summed E-state index contributed by atoms with van der Waals surface area (Å²) < 4.78 is 1.97. The van der Waals surface area contributed by atoms with Crippen LogP contribution in [0.15, 0.2) is 42.6 Å². The van der Waals surface area contributed by atoms with Gasteiger partial charge in [0.15, 0.2) is 0 Å². The van der Waals surface area contributed by atoms with Crippen LogP contribution in [0.3, 0.4) is 0 Å². The van der Waals surface area contributed by atoms with Crippen molar-refractivity contribution in [3.8, 4) is 0 Å². The number of aromatic nitrogens is 1. The molecule has 0 saturated carbocycles. The lowest BCUT2D eigenvalue weighted by molar-refractivity contribution is 0.103. The molecule has 0 fully saturated rings. The van der Waals surface area contributed by atoms with Gasteiger partial charge in [-0.1, -0.05) is 24.3 Å². The van der Waals surface area contributed by atoms with Crippen molar-refractivity contribution in [2.24, 2.45) is 0 Å². The number of benzene rings is 1. The van der Waals surface area contributed by atoms with Crippen LogP contribution in [-0.2, 0) is 6.54 Å². The molecule has 2 nitrogen and oxygen atoms in total. The number of ketones is 1. The van der Waals surface area contributed by atoms with E-state index in [4.69, 9.17) is 0 Å². The van der Waals surface area contributed by atoms with E-state index in [1.165, 1.54) is 0 Å². The molecule has 0 radical (unpaired) electrons. The maximum Gasteiger partial charge on any atom is 0.209 e. The first-order chi connectivity index (χ1) is 7.74. The summed E-state index contributed by atoms with van der Waals surface area (Å²) in [5.74, 6) is 0.102. The molecule has 0 atom stereocenters. The number of carbonyl (C=O) groups is 1. The van der Waals surface area contributed by atoms with Crippen LogP contribution in [0.5, 0.6) is 0 Å². The predicted molar refractivity (Wildman–Crippen MR) is 64.7 cm³/mol. The molecule has 2 aromatic rings. The largest absolute Gasteiger partial charge is 0.345 e. The maximum absolute atomic E-state index is 12.3. The number of carbonyl (C=O) groups excluding carboxylic acids is 1. The topological polar surface area (TPSA) is 22.0 Å². The summed E-state index contributed by atoms with van der Waals surface area (Å²) in [4.78, 5) is 12.3. The van der Waals surface area contributed by atoms with Crippen LogP contribution in [0.4, 0.5) is 0 Å². The Labute approximate surface area is 95.5 Å². The van der Waals surface area contributed by atoms with Gasteiger partial charge in [0.1, 0.15) is 0 Å². The number of hydrogen-bond acceptors (Lipinski definition) is 1. The molecular formula is C14H15NO. The second-order valence-corrected chi connectivity index (χ2v) is 3.82. The quantitative estimate of drug-likeness (QED) is 0.718. The number of rotatable bonds is 3. The number of hydrogen-bond donors (Lipinski definition) is 0. The zero-order valence-corrected chi connectivity index (χ0v) is 9.60. The van der Waals surface area contributed by atoms with Crippen LogP contribution in [0.1, 0.15) is 28.5 Å². The van der Waals surface area contributed by atoms with Gasteiger partial charge in [0, 0.05) is 18.3 Å². The van der Waals surface area contributed by atoms with Gasteiger partial charge in [-0.25, -0.2) is 0 Å². The molecule has 0 N–H and O–H groups in total. The van der Waals surface area contributed by atoms with Gasteiger partial charge in [-0.15, -0.1) is 0 Å². The molecule has 2 rings (SSSR count). The fourth-order valence-electron chi connectivity index (χ4n) is 1.86. The Morgan fingerprint density at radius 1 is 1.19 bits per heavy atom. The highest BCUT2D eigenvalue weighted by Gasteiger charge is 2.13. The van der Waals surface area contributed by atoms with Crippen molar-refractivity contribution in [2.75, 3.05) is 0 Å². The molecule has 0 saturated heterocycles. The fourth-order valence-corrected chi connectivity index (χ4v) is 1.86. The van der Waals surface area contributed by atoms with Crippen molar-refractivity contribution in [1.82, 2.24) is 4.57 Å². The summed E-state index contributed by atoms with van der Waals surface area (Å²) >= 11 is 0. The zero-order chi connectivity index (χ0) is 11.5. The van der Waals surface area contributed by atoms with Crippen LogP contribution in [0.2, 0.25) is 0 Å². The highest BCUT2D eigenvalue weighted by molar-refractivity contribution is 6.08. The summed E-state index contributed by atoms with van der Waals surface area (Å²) in [5.41, 5.74) is 2.57. The smallest absolute Gasteiger partial charge is 0.209 e. The lowest BCUT2D eigenvalue weighted by Gasteiger charge is -2.07. The summed E-state index contributed by atoms with van der Waals surface area (Å²) in [5, 5.41) is 0. The van der Waals surface area contributed by atoms with E-state index in [-0.39, 0.29) is 5.78 Å². The van der Waals surface area contributed by atoms with Crippen molar-refractivity contribution < 1.29 is 4.79 Å². The molecular weight excluding hydrogens is 198 g/mol. The van der Waals surface area contributed by atoms with Crippen LogP contribution in [-0.4, -0.2) is 10.4 Å². The van der Waals surface area contributed by atoms with Gasteiger partial charge in [0.25, 0.3) is 0 Å². The molecule has 0 spiro atoms. The maximum atomic E-state index is 12.3. The molecule has 0 amide bonds. The van der Waals surface area contributed by atoms with Gasteiger partial charge >= 0.3 is 0 Å². The molecule has 0 bridgehead atoms. The average molecular weight is 213 g/mol. The Hall–Kier alpha value is -1.83. The summed E-state index contributed by atoms with van der Waals surface area (Å²) in [6.45, 7) is 4.82. The third kappa shape index (κ3) is 1.78. The van der Waals surface area contributed by atoms with Crippen LogP contribution < -0.4 is 0 Å². The van der Waals surface area contributed by atoms with E-state index < -0.39 is 0 Å². The summed E-state index contributed by atoms with van der Waals surface area (Å²) in [6, 6.07) is 11.5. The molecule has 2 heteroatoms. The normalized spacial score (nSPS) is 10.4. The van der Waals surface area contributed by atoms with E-state index in [2.05, 4.69) is 0 Å². The van der Waals surface area contributed by atoms with Crippen molar-refractivity contribution in [3.05, 3.63) is 59.4 Å². The van der Waals surface area contributed by atoms with Gasteiger partial charge in [-0.2, -0.15) is 0 Å². The third-order valence-corrected chi connectivity index (χ3v) is 2.79. The minimum Gasteiger partial charge on any atom is -0.345 e. The summed E-state index contributed by atoms with van der Waals surface area (Å²) in [7, 11) is 0. The van der Waals surface area contributed by atoms with Gasteiger partial charge in [0.05, 0.1) is 5.69 Å². The fraction of sp³-hybridized carbons (Fsp3) is 0.214. The Morgan fingerprint density at radius 3 is 2.62 bits per heavy atom. The Balaban J connectivity index is 2.44. The molecule has 16 heavy (non-hydrogen) atoms. The first-order valence-corrected chi connectivity index (χ1v) is 5.49. The van der Waals surface area contributed by atoms with Gasteiger partial charge < -0.3 is 4.57 Å². The van der Waals surface area contributed by atoms with Gasteiger partial charge in [-0.05, 0) is 31.5 Å². The first kappa shape index (κ1) is 10.7. The molecule has 0 aliphatic carbocycles. The van der Waals surface area contributed by atoms with Crippen molar-refractivity contribution >= 4 is 5.78 Å². The van der Waals surface area contributed by atoms with Crippen LogP contribution >= 0.6 is 0 Å². The Bertz CT molecular complexity index is 511. The molecule has 0 unspecified atom stereocenters. The van der Waals surface area contributed by atoms with E-state index in [1.807, 2.05) is 61.0 Å². The number of aryl methyl sites for hydroxylation is 2. The number of nitrogens with zero attached hydrogens (tertiary/aromatic N) is 1. The van der Waals surface area contributed by atoms with E-state index in [0.29, 0.717) is 0 Å². The van der Waals surface area contributed by atoms with E-state index in [9.17, 15) is 4.79 Å². The lowest BCUT2D eigenvalue weighted by atomic mass is 10.0. The lowest BCUT2D eigenvalue weighted by Crippen LogP contribution is -2.09. The predicted octanol–water partition coefficient (Wildman–Crippen LogP) is 3.05. The second-order valence-electron chi connectivity index (χ2n) is 3.82. The highest BCUT2D eigenvalue weighted by Crippen LogP contribution is 2.14. The standard InChI is InChI=1S/C14H15NO/c1-3-15-10-6-9-13(15)14(16)12-8-5-4-7-11(12)2/h4-10H,3H2,1-2H3. The molecule has 1 heterocycles. The monoisotopic (exact) mass is 213 g/mol. The summed E-state index contributed by atoms with van der Waals surface area (Å²) in [6.07, 6.45) is 1.94. The SMILES string of the molecule is CCn1cccc1C(=O)c1ccccc1C. The minimum absolute atomic E-state index is 0.102. The van der Waals surface area contributed by atoms with Crippen molar-refractivity contribution in [3.63, 3.8) is 0 Å². The zero-order valence-electron chi connectivity index (χ0n) is 9.60. The molecule has 0 aliphatic rings. The van der Waals surface area contributed by atoms with E-state index in [0.717, 1.165) is 23.4 Å². The third-order valence-electron chi connectivity index (χ3n) is 2.79. The molecule has 1 aromatic carbocycles. The first-order valence-electron chi connectivity index (χ1n) is 5.49. The minimum atomic E-state index is 0.102. The Kier molecular flexibility index (Phi) is 2.91. The molecule has 0 aliphatic heterocycles. The van der Waals surface area contributed by atoms with E-state index in [1.54, 1.807) is 0 Å². The van der Waals surface area contributed by atoms with Crippen LogP contribution in [0.25, 0.3) is 0 Å². The molecule has 82 valence electrons. The second kappa shape index (κ2) is 4.35. The highest BCUT2D eigenvalue weighted by atomic mass is 16.1. The van der Waals surface area contributed by atoms with Gasteiger partial charge in [0.2, 0.25) is 5.78 Å². The molecule has 1 aromatic heterocycles. The van der Waals surface area contributed by atoms with Crippen molar-refractivity contribution in [2.45, 2.75) is 20.4 Å². The van der Waals surface area contributed by atoms with Crippen molar-refractivity contribution in [1.29, 1.82) is 0 Å². The van der Waals surface area contributed by atoms with Gasteiger partial charge in [-0.3, -0.25) is 4.79 Å². The Morgan fingerprint density at radius 2 is 1.94 bits per heavy atom.